The minimum atomic E-state index is -0.574. The molecule has 4 heteroatoms. The zero-order chi connectivity index (χ0) is 11.5. The van der Waals surface area contributed by atoms with E-state index in [4.69, 9.17) is 9.47 Å². The Morgan fingerprint density at radius 3 is 3.00 bits per heavy atom. The lowest BCUT2D eigenvalue weighted by Gasteiger charge is -2.29. The van der Waals surface area contributed by atoms with Crippen molar-refractivity contribution in [3.63, 3.8) is 0 Å². The van der Waals surface area contributed by atoms with Crippen LogP contribution in [0.2, 0.25) is 0 Å². The predicted molar refractivity (Wildman–Crippen MR) is 60.6 cm³/mol. The Morgan fingerprint density at radius 2 is 2.25 bits per heavy atom. The first kappa shape index (κ1) is 11.0. The van der Waals surface area contributed by atoms with Gasteiger partial charge in [0.2, 0.25) is 6.10 Å². The minimum Gasteiger partial charge on any atom is -0.476 e. The molecule has 2 atom stereocenters. The number of benzene rings is 1. The Bertz CT molecular complexity index is 392. The Hall–Kier alpha value is -1.55. The molecule has 0 radical (unpaired) electrons. The van der Waals surface area contributed by atoms with E-state index in [1.165, 1.54) is 0 Å². The smallest absolute Gasteiger partial charge is 0.268 e. The van der Waals surface area contributed by atoms with Crippen molar-refractivity contribution in [2.24, 2.45) is 0 Å². The molecule has 0 aromatic heterocycles. The van der Waals surface area contributed by atoms with Crippen molar-refractivity contribution in [3.8, 4) is 5.75 Å². The Morgan fingerprint density at radius 1 is 1.50 bits per heavy atom. The van der Waals surface area contributed by atoms with Gasteiger partial charge in [0.25, 0.3) is 5.91 Å². The predicted octanol–water partition coefficient (Wildman–Crippen LogP) is 1.81. The van der Waals surface area contributed by atoms with Gasteiger partial charge in [-0.05, 0) is 26.0 Å². The van der Waals surface area contributed by atoms with Crippen LogP contribution in [-0.4, -0.2) is 24.7 Å². The number of ether oxygens (including phenoxy) is 2. The molecule has 0 bridgehead atoms. The summed E-state index contributed by atoms with van der Waals surface area (Å²) in [5, 5.41) is 2.81. The number of carbonyl (C=O) groups is 1. The van der Waals surface area contributed by atoms with Crippen molar-refractivity contribution in [2.75, 3.05) is 11.9 Å². The Balaban J connectivity index is 2.18. The van der Waals surface area contributed by atoms with Crippen molar-refractivity contribution in [3.05, 3.63) is 24.3 Å². The van der Waals surface area contributed by atoms with Gasteiger partial charge in [0.05, 0.1) is 5.69 Å². The zero-order valence-corrected chi connectivity index (χ0v) is 9.40. The Kier molecular flexibility index (Phi) is 3.10. The maximum atomic E-state index is 11.8. The molecule has 1 heterocycles. The van der Waals surface area contributed by atoms with E-state index in [-0.39, 0.29) is 12.0 Å². The van der Waals surface area contributed by atoms with Crippen LogP contribution in [0.25, 0.3) is 0 Å². The first-order valence-corrected chi connectivity index (χ1v) is 5.40. The lowest BCUT2D eigenvalue weighted by atomic mass is 10.1. The summed E-state index contributed by atoms with van der Waals surface area (Å²) in [7, 11) is 0. The van der Waals surface area contributed by atoms with E-state index in [1.807, 2.05) is 38.1 Å². The average Bonchev–Trinajstić information content (AvgIpc) is 2.28. The van der Waals surface area contributed by atoms with Crippen LogP contribution in [0.4, 0.5) is 5.69 Å². The van der Waals surface area contributed by atoms with Crippen molar-refractivity contribution >= 4 is 11.6 Å². The molecule has 0 spiro atoms. The highest BCUT2D eigenvalue weighted by Gasteiger charge is 2.32. The molecule has 16 heavy (non-hydrogen) atoms. The van der Waals surface area contributed by atoms with Gasteiger partial charge in [0.1, 0.15) is 11.9 Å². The van der Waals surface area contributed by atoms with Gasteiger partial charge >= 0.3 is 0 Å². The number of nitrogens with one attached hydrogen (secondary N) is 1. The third-order valence-corrected chi connectivity index (χ3v) is 2.51. The van der Waals surface area contributed by atoms with Gasteiger partial charge in [0.15, 0.2) is 0 Å². The molecule has 1 aliphatic rings. The van der Waals surface area contributed by atoms with Gasteiger partial charge in [-0.3, -0.25) is 4.79 Å². The molecule has 1 aromatic carbocycles. The summed E-state index contributed by atoms with van der Waals surface area (Å²) in [6.07, 6.45) is -0.826. The third kappa shape index (κ3) is 2.02. The molecule has 0 fully saturated rings. The first-order valence-electron chi connectivity index (χ1n) is 5.40. The van der Waals surface area contributed by atoms with Gasteiger partial charge in [-0.25, -0.2) is 0 Å². The van der Waals surface area contributed by atoms with Crippen LogP contribution in [0, 0.1) is 0 Å². The van der Waals surface area contributed by atoms with Crippen LogP contribution >= 0.6 is 0 Å². The monoisotopic (exact) mass is 221 g/mol. The zero-order valence-electron chi connectivity index (χ0n) is 9.40. The third-order valence-electron chi connectivity index (χ3n) is 2.51. The second-order valence-corrected chi connectivity index (χ2v) is 3.68. The molecular weight excluding hydrogens is 206 g/mol. The summed E-state index contributed by atoms with van der Waals surface area (Å²) < 4.78 is 11.0. The van der Waals surface area contributed by atoms with Crippen LogP contribution in [0.3, 0.4) is 0 Å². The number of para-hydroxylation sites is 2. The molecule has 0 saturated carbocycles. The van der Waals surface area contributed by atoms with E-state index in [0.29, 0.717) is 18.0 Å². The molecule has 0 unspecified atom stereocenters. The normalized spacial score (nSPS) is 20.6. The average molecular weight is 221 g/mol. The lowest BCUT2D eigenvalue weighted by molar-refractivity contribution is -0.130. The molecule has 4 nitrogen and oxygen atoms in total. The van der Waals surface area contributed by atoms with Crippen molar-refractivity contribution in [2.45, 2.75) is 26.1 Å². The van der Waals surface area contributed by atoms with Gasteiger partial charge in [0, 0.05) is 6.61 Å². The van der Waals surface area contributed by atoms with Crippen LogP contribution in [-0.2, 0) is 9.53 Å². The van der Waals surface area contributed by atoms with Crippen LogP contribution < -0.4 is 10.1 Å². The van der Waals surface area contributed by atoms with Gasteiger partial charge in [-0.2, -0.15) is 0 Å². The first-order chi connectivity index (χ1) is 7.72. The largest absolute Gasteiger partial charge is 0.476 e. The number of hydrogen-bond acceptors (Lipinski definition) is 3. The lowest BCUT2D eigenvalue weighted by Crippen LogP contribution is -2.45. The van der Waals surface area contributed by atoms with Crippen molar-refractivity contribution in [1.29, 1.82) is 0 Å². The van der Waals surface area contributed by atoms with Crippen LogP contribution in [0.5, 0.6) is 5.75 Å². The van der Waals surface area contributed by atoms with E-state index in [1.54, 1.807) is 0 Å². The summed E-state index contributed by atoms with van der Waals surface area (Å²) in [5.74, 6) is 0.540. The van der Waals surface area contributed by atoms with E-state index >= 15 is 0 Å². The molecule has 1 aliphatic heterocycles. The van der Waals surface area contributed by atoms with E-state index in [2.05, 4.69) is 5.32 Å². The molecular formula is C12H15NO3. The molecule has 86 valence electrons. The Labute approximate surface area is 94.6 Å². The highest BCUT2D eigenvalue weighted by atomic mass is 16.5. The quantitative estimate of drug-likeness (QED) is 0.846. The maximum Gasteiger partial charge on any atom is 0.268 e. The highest BCUT2D eigenvalue weighted by Crippen LogP contribution is 2.29. The van der Waals surface area contributed by atoms with Gasteiger partial charge < -0.3 is 14.8 Å². The standard InChI is InChI=1S/C12H15NO3/c1-3-15-8(2)11-12(14)13-9-6-4-5-7-10(9)16-11/h4-8,11H,3H2,1-2H3,(H,13,14)/t8-,11-/m0/s1. The second kappa shape index (κ2) is 4.53. The van der Waals surface area contributed by atoms with Crippen molar-refractivity contribution < 1.29 is 14.3 Å². The van der Waals surface area contributed by atoms with E-state index in [0.717, 1.165) is 0 Å². The van der Waals surface area contributed by atoms with Crippen LogP contribution in [0.1, 0.15) is 13.8 Å². The molecule has 1 amide bonds. The SMILES string of the molecule is CCO[C@@H](C)[C@@H]1Oc2ccccc2NC1=O. The molecule has 0 aliphatic carbocycles. The second-order valence-electron chi connectivity index (χ2n) is 3.68. The number of hydrogen-bond donors (Lipinski definition) is 1. The summed E-state index contributed by atoms with van der Waals surface area (Å²) >= 11 is 0. The molecule has 2 rings (SSSR count). The summed E-state index contributed by atoms with van der Waals surface area (Å²) in [4.78, 5) is 11.8. The molecule has 1 aromatic rings. The number of carbonyl (C=O) groups excluding carboxylic acids is 1. The minimum absolute atomic E-state index is 0.153. The summed E-state index contributed by atoms with van der Waals surface area (Å²) in [6, 6.07) is 7.38. The van der Waals surface area contributed by atoms with Gasteiger partial charge in [-0.1, -0.05) is 12.1 Å². The maximum absolute atomic E-state index is 11.8. The van der Waals surface area contributed by atoms with Gasteiger partial charge in [-0.15, -0.1) is 0 Å². The van der Waals surface area contributed by atoms with E-state index in [9.17, 15) is 4.79 Å². The topological polar surface area (TPSA) is 47.6 Å². The summed E-state index contributed by atoms with van der Waals surface area (Å²) in [5.41, 5.74) is 0.715. The summed E-state index contributed by atoms with van der Waals surface area (Å²) in [6.45, 7) is 4.29. The number of fused-ring (bicyclic) bond motifs is 1. The fourth-order valence-electron chi connectivity index (χ4n) is 1.73. The molecule has 0 saturated heterocycles. The van der Waals surface area contributed by atoms with E-state index < -0.39 is 6.10 Å². The highest BCUT2D eigenvalue weighted by molar-refractivity contribution is 5.98. The van der Waals surface area contributed by atoms with Crippen molar-refractivity contribution in [1.82, 2.24) is 0 Å². The number of rotatable bonds is 3. The fraction of sp³-hybridized carbons (Fsp3) is 0.417. The van der Waals surface area contributed by atoms with Crippen LogP contribution in [0.15, 0.2) is 24.3 Å². The fourth-order valence-corrected chi connectivity index (χ4v) is 1.73. The number of amides is 1. The number of anilines is 1. The molecule has 1 N–H and O–H groups in total.